The highest BCUT2D eigenvalue weighted by atomic mass is 19.4. The lowest BCUT2D eigenvalue weighted by molar-refractivity contribution is -0.290. The van der Waals surface area contributed by atoms with Crippen molar-refractivity contribution in [1.29, 1.82) is 0 Å². The number of nitrogens with one attached hydrogen (secondary N) is 1. The predicted molar refractivity (Wildman–Crippen MR) is 88.0 cm³/mol. The number of piperazine rings is 1. The summed E-state index contributed by atoms with van der Waals surface area (Å²) in [5.41, 5.74) is -1.81. The highest BCUT2D eigenvalue weighted by Gasteiger charge is 2.60. The smallest absolute Gasteiger partial charge is 0.338 e. The Kier molecular flexibility index (Phi) is 4.14. The first-order chi connectivity index (χ1) is 13.1. The number of aromatic nitrogens is 4. The fourth-order valence-electron chi connectivity index (χ4n) is 3.18. The van der Waals surface area contributed by atoms with E-state index in [0.717, 1.165) is 0 Å². The van der Waals surface area contributed by atoms with Gasteiger partial charge in [-0.15, -0.1) is 5.10 Å². The summed E-state index contributed by atoms with van der Waals surface area (Å²) < 4.78 is 81.3. The Balaban J connectivity index is 1.99. The quantitative estimate of drug-likeness (QED) is 0.666. The lowest BCUT2D eigenvalue weighted by Crippen LogP contribution is -2.44. The zero-order chi connectivity index (χ0) is 20.3. The number of hydrogen-bond acceptors (Lipinski definition) is 5. The Bertz CT molecular complexity index is 1050. The molecule has 2 aromatic heterocycles. The van der Waals surface area contributed by atoms with Crippen molar-refractivity contribution in [2.24, 2.45) is 0 Å². The minimum atomic E-state index is -5.93. The van der Waals surface area contributed by atoms with Gasteiger partial charge in [-0.2, -0.15) is 26.5 Å². The first-order valence-electron chi connectivity index (χ1n) is 8.37. The van der Waals surface area contributed by atoms with Crippen LogP contribution in [0.3, 0.4) is 0 Å². The number of hydrogen-bond donors (Lipinski definition) is 1. The molecule has 6 nitrogen and oxygen atoms in total. The monoisotopic (exact) mass is 404 g/mol. The summed E-state index contributed by atoms with van der Waals surface area (Å²) in [5.74, 6) is -6.44. The maximum absolute atomic E-state index is 14.2. The van der Waals surface area contributed by atoms with Gasteiger partial charge in [-0.1, -0.05) is 0 Å². The summed E-state index contributed by atoms with van der Waals surface area (Å²) in [6.07, 6.45) is -5.93. The Hall–Kier alpha value is -2.63. The third-order valence-electron chi connectivity index (χ3n) is 4.54. The van der Waals surface area contributed by atoms with E-state index in [1.807, 2.05) is 4.90 Å². The second-order valence-electron chi connectivity index (χ2n) is 6.46. The molecule has 4 rings (SSSR count). The lowest BCUT2D eigenvalue weighted by atomic mass is 10.0. The summed E-state index contributed by atoms with van der Waals surface area (Å²) in [5, 5.41) is 7.20. The highest BCUT2D eigenvalue weighted by Crippen LogP contribution is 2.45. The van der Waals surface area contributed by atoms with Gasteiger partial charge >= 0.3 is 12.1 Å². The average Bonchev–Trinajstić information content (AvgIpc) is 3.01. The molecule has 1 aliphatic rings. The van der Waals surface area contributed by atoms with E-state index in [0.29, 0.717) is 44.3 Å². The molecular weight excluding hydrogens is 390 g/mol. The Morgan fingerprint density at radius 1 is 1.04 bits per heavy atom. The minimum absolute atomic E-state index is 0.0373. The third-order valence-corrected chi connectivity index (χ3v) is 4.54. The molecule has 0 atom stereocenters. The molecule has 0 radical (unpaired) electrons. The van der Waals surface area contributed by atoms with Gasteiger partial charge in [0.1, 0.15) is 11.6 Å². The second-order valence-corrected chi connectivity index (χ2v) is 6.46. The van der Waals surface area contributed by atoms with Crippen LogP contribution in [0, 0.1) is 12.7 Å². The molecule has 1 saturated heterocycles. The van der Waals surface area contributed by atoms with Gasteiger partial charge in [0.2, 0.25) is 5.95 Å². The van der Waals surface area contributed by atoms with Gasteiger partial charge in [-0.25, -0.2) is 14.4 Å². The zero-order valence-electron chi connectivity index (χ0n) is 14.5. The fraction of sp³-hybridized carbons (Fsp3) is 0.438. The molecule has 0 saturated carbocycles. The number of alkyl halides is 5. The van der Waals surface area contributed by atoms with Crippen LogP contribution in [0.1, 0.15) is 11.4 Å². The molecule has 0 amide bonds. The van der Waals surface area contributed by atoms with E-state index in [1.54, 1.807) is 6.92 Å². The van der Waals surface area contributed by atoms with Gasteiger partial charge in [0.15, 0.2) is 5.65 Å². The standard InChI is InChI=1S/C16H14F6N6/c1-8-24-13-9-6-10(15(18,19)16(20,21)22)11(17)7-12(9)25-14(28(13)26-8)27-4-2-23-3-5-27/h6-7,23H,2-5H2,1H3. The molecule has 3 heterocycles. The number of aryl methyl sites for hydroxylation is 1. The average molecular weight is 404 g/mol. The molecule has 0 spiro atoms. The van der Waals surface area contributed by atoms with Crippen LogP contribution in [0.15, 0.2) is 12.1 Å². The van der Waals surface area contributed by atoms with E-state index >= 15 is 0 Å². The summed E-state index contributed by atoms with van der Waals surface area (Å²) in [6, 6.07) is 1.04. The van der Waals surface area contributed by atoms with Gasteiger partial charge in [0.25, 0.3) is 0 Å². The molecule has 28 heavy (non-hydrogen) atoms. The lowest BCUT2D eigenvalue weighted by Gasteiger charge is -2.28. The molecular formula is C16H14F6N6. The highest BCUT2D eigenvalue weighted by molar-refractivity contribution is 5.93. The molecule has 0 unspecified atom stereocenters. The number of nitrogens with zero attached hydrogens (tertiary/aromatic N) is 5. The van der Waals surface area contributed by atoms with Gasteiger partial charge < -0.3 is 10.2 Å². The minimum Gasteiger partial charge on any atom is -0.338 e. The molecule has 1 aliphatic heterocycles. The molecule has 3 aromatic rings. The van der Waals surface area contributed by atoms with E-state index < -0.39 is 23.5 Å². The van der Waals surface area contributed by atoms with Crippen LogP contribution in [0.4, 0.5) is 32.3 Å². The summed E-state index contributed by atoms with van der Waals surface area (Å²) in [7, 11) is 0. The SMILES string of the molecule is Cc1nc2c3cc(C(F)(F)C(F)(F)F)c(F)cc3nc(N3CCNCC3)n2n1. The van der Waals surface area contributed by atoms with Crippen LogP contribution in [-0.4, -0.2) is 51.9 Å². The normalized spacial score (nSPS) is 16.3. The summed E-state index contributed by atoms with van der Waals surface area (Å²) in [4.78, 5) is 10.3. The number of rotatable bonds is 2. The molecule has 1 fully saturated rings. The van der Waals surface area contributed by atoms with Crippen molar-refractivity contribution in [1.82, 2.24) is 24.9 Å². The Labute approximate surface area is 154 Å². The van der Waals surface area contributed by atoms with Crippen LogP contribution in [-0.2, 0) is 5.92 Å². The van der Waals surface area contributed by atoms with Crippen LogP contribution in [0.5, 0.6) is 0 Å². The van der Waals surface area contributed by atoms with Gasteiger partial charge in [-0.05, 0) is 13.0 Å². The molecule has 0 bridgehead atoms. The van der Waals surface area contributed by atoms with Gasteiger partial charge in [-0.3, -0.25) is 0 Å². The largest absolute Gasteiger partial charge is 0.458 e. The van der Waals surface area contributed by atoms with E-state index in [1.165, 1.54) is 4.52 Å². The molecule has 12 heteroatoms. The van der Waals surface area contributed by atoms with Crippen molar-refractivity contribution >= 4 is 22.5 Å². The van der Waals surface area contributed by atoms with Crippen molar-refractivity contribution in [3.8, 4) is 0 Å². The van der Waals surface area contributed by atoms with Crippen molar-refractivity contribution in [2.75, 3.05) is 31.1 Å². The van der Waals surface area contributed by atoms with Crippen molar-refractivity contribution in [3.05, 3.63) is 29.3 Å². The van der Waals surface area contributed by atoms with E-state index in [-0.39, 0.29) is 22.4 Å². The first-order valence-corrected chi connectivity index (χ1v) is 8.37. The van der Waals surface area contributed by atoms with Crippen LogP contribution >= 0.6 is 0 Å². The van der Waals surface area contributed by atoms with Gasteiger partial charge in [0, 0.05) is 37.6 Å². The summed E-state index contributed by atoms with van der Waals surface area (Å²) >= 11 is 0. The fourth-order valence-corrected chi connectivity index (χ4v) is 3.18. The van der Waals surface area contributed by atoms with E-state index in [2.05, 4.69) is 20.4 Å². The van der Waals surface area contributed by atoms with E-state index in [4.69, 9.17) is 0 Å². The number of halogens is 6. The summed E-state index contributed by atoms with van der Waals surface area (Å²) in [6.45, 7) is 4.02. The molecule has 1 N–H and O–H groups in total. The van der Waals surface area contributed by atoms with Crippen molar-refractivity contribution in [3.63, 3.8) is 0 Å². The number of anilines is 1. The Morgan fingerprint density at radius 2 is 1.71 bits per heavy atom. The van der Waals surface area contributed by atoms with Crippen molar-refractivity contribution in [2.45, 2.75) is 19.0 Å². The molecule has 150 valence electrons. The van der Waals surface area contributed by atoms with Crippen LogP contribution < -0.4 is 10.2 Å². The number of benzene rings is 1. The van der Waals surface area contributed by atoms with Crippen molar-refractivity contribution < 1.29 is 26.3 Å². The van der Waals surface area contributed by atoms with Gasteiger partial charge in [0.05, 0.1) is 11.1 Å². The first kappa shape index (κ1) is 18.7. The molecule has 1 aromatic carbocycles. The third kappa shape index (κ3) is 2.82. The second kappa shape index (κ2) is 6.19. The van der Waals surface area contributed by atoms with Crippen LogP contribution in [0.2, 0.25) is 0 Å². The van der Waals surface area contributed by atoms with Crippen LogP contribution in [0.25, 0.3) is 16.6 Å². The predicted octanol–water partition coefficient (Wildman–Crippen LogP) is 2.79. The molecule has 0 aliphatic carbocycles. The zero-order valence-corrected chi connectivity index (χ0v) is 14.5. The Morgan fingerprint density at radius 3 is 2.36 bits per heavy atom. The van der Waals surface area contributed by atoms with E-state index in [9.17, 15) is 26.3 Å². The maximum atomic E-state index is 14.2. The maximum Gasteiger partial charge on any atom is 0.458 e. The number of fused-ring (bicyclic) bond motifs is 3. The topological polar surface area (TPSA) is 58.4 Å².